The van der Waals surface area contributed by atoms with Gasteiger partial charge in [0, 0.05) is 6.54 Å². The predicted molar refractivity (Wildman–Crippen MR) is 55.7 cm³/mol. The summed E-state index contributed by atoms with van der Waals surface area (Å²) in [7, 11) is 0. The Morgan fingerprint density at radius 1 is 1.23 bits per heavy atom. The van der Waals surface area contributed by atoms with Crippen LogP contribution in [0.15, 0.2) is 0 Å². The lowest BCUT2D eigenvalue weighted by Crippen LogP contribution is -2.29. The van der Waals surface area contributed by atoms with Crippen molar-refractivity contribution < 1.29 is 5.11 Å². The van der Waals surface area contributed by atoms with Gasteiger partial charge in [-0.2, -0.15) is 0 Å². The third-order valence-corrected chi connectivity index (χ3v) is 2.85. The fourth-order valence-corrected chi connectivity index (χ4v) is 2.06. The Balaban J connectivity index is 2.05. The molecule has 1 atom stereocenters. The van der Waals surface area contributed by atoms with Gasteiger partial charge in [-0.3, -0.25) is 0 Å². The van der Waals surface area contributed by atoms with Gasteiger partial charge in [0.25, 0.3) is 0 Å². The van der Waals surface area contributed by atoms with Gasteiger partial charge in [-0.15, -0.1) is 0 Å². The highest BCUT2D eigenvalue weighted by Crippen LogP contribution is 2.21. The van der Waals surface area contributed by atoms with Crippen LogP contribution in [0, 0.1) is 5.92 Å². The molecule has 0 aliphatic heterocycles. The summed E-state index contributed by atoms with van der Waals surface area (Å²) >= 11 is 0. The Bertz CT molecular complexity index is 117. The van der Waals surface area contributed by atoms with E-state index in [1.54, 1.807) is 0 Å². The molecule has 0 bridgehead atoms. The Morgan fingerprint density at radius 3 is 2.38 bits per heavy atom. The second-order valence-electron chi connectivity index (χ2n) is 4.36. The second-order valence-corrected chi connectivity index (χ2v) is 4.36. The van der Waals surface area contributed by atoms with Crippen molar-refractivity contribution in [1.29, 1.82) is 0 Å². The molecule has 0 aromatic carbocycles. The average molecular weight is 185 g/mol. The first-order valence-corrected chi connectivity index (χ1v) is 5.68. The molecule has 13 heavy (non-hydrogen) atoms. The van der Waals surface area contributed by atoms with Crippen LogP contribution in [0.1, 0.15) is 45.4 Å². The van der Waals surface area contributed by atoms with Crippen molar-refractivity contribution in [3.63, 3.8) is 0 Å². The van der Waals surface area contributed by atoms with E-state index in [0.717, 1.165) is 19.0 Å². The SMILES string of the molecule is CC(O)CNCC1CCCCCC1. The quantitative estimate of drug-likeness (QED) is 0.656. The summed E-state index contributed by atoms with van der Waals surface area (Å²) in [6, 6.07) is 0. The number of aliphatic hydroxyl groups is 1. The van der Waals surface area contributed by atoms with E-state index < -0.39 is 0 Å². The summed E-state index contributed by atoms with van der Waals surface area (Å²) in [4.78, 5) is 0. The summed E-state index contributed by atoms with van der Waals surface area (Å²) < 4.78 is 0. The number of rotatable bonds is 4. The lowest BCUT2D eigenvalue weighted by Gasteiger charge is -2.15. The third kappa shape index (κ3) is 5.27. The second kappa shape index (κ2) is 6.39. The molecule has 0 aromatic rings. The Morgan fingerprint density at radius 2 is 1.85 bits per heavy atom. The fourth-order valence-electron chi connectivity index (χ4n) is 2.06. The monoisotopic (exact) mass is 185 g/mol. The van der Waals surface area contributed by atoms with Crippen LogP contribution < -0.4 is 5.32 Å². The van der Waals surface area contributed by atoms with Crippen LogP contribution in [0.25, 0.3) is 0 Å². The van der Waals surface area contributed by atoms with Crippen LogP contribution in [-0.4, -0.2) is 24.3 Å². The summed E-state index contributed by atoms with van der Waals surface area (Å²) in [6.07, 6.45) is 8.22. The standard InChI is InChI=1S/C11H23NO/c1-10(13)8-12-9-11-6-4-2-3-5-7-11/h10-13H,2-9H2,1H3. The lowest BCUT2D eigenvalue weighted by molar-refractivity contribution is 0.188. The summed E-state index contributed by atoms with van der Waals surface area (Å²) in [6.45, 7) is 3.68. The van der Waals surface area contributed by atoms with Gasteiger partial charge < -0.3 is 10.4 Å². The lowest BCUT2D eigenvalue weighted by atomic mass is 10.0. The zero-order chi connectivity index (χ0) is 9.52. The molecular weight excluding hydrogens is 162 g/mol. The van der Waals surface area contributed by atoms with E-state index in [4.69, 9.17) is 5.11 Å². The number of nitrogens with one attached hydrogen (secondary N) is 1. The predicted octanol–water partition coefficient (Wildman–Crippen LogP) is 1.93. The van der Waals surface area contributed by atoms with Gasteiger partial charge in [-0.1, -0.05) is 25.7 Å². The first-order valence-electron chi connectivity index (χ1n) is 5.68. The molecule has 0 amide bonds. The topological polar surface area (TPSA) is 32.3 Å². The van der Waals surface area contributed by atoms with E-state index >= 15 is 0 Å². The Labute approximate surface area is 81.7 Å². The van der Waals surface area contributed by atoms with Crippen molar-refractivity contribution >= 4 is 0 Å². The highest BCUT2D eigenvalue weighted by molar-refractivity contribution is 4.67. The number of aliphatic hydroxyl groups excluding tert-OH is 1. The summed E-state index contributed by atoms with van der Waals surface area (Å²) in [5, 5.41) is 12.4. The van der Waals surface area contributed by atoms with E-state index in [-0.39, 0.29) is 6.10 Å². The van der Waals surface area contributed by atoms with E-state index in [9.17, 15) is 0 Å². The van der Waals surface area contributed by atoms with Crippen LogP contribution in [0.2, 0.25) is 0 Å². The minimum absolute atomic E-state index is 0.203. The molecule has 1 aliphatic rings. The van der Waals surface area contributed by atoms with E-state index in [1.807, 2.05) is 6.92 Å². The summed E-state index contributed by atoms with van der Waals surface area (Å²) in [5.74, 6) is 0.862. The smallest absolute Gasteiger partial charge is 0.0636 e. The van der Waals surface area contributed by atoms with Gasteiger partial charge in [0.1, 0.15) is 0 Å². The van der Waals surface area contributed by atoms with Gasteiger partial charge in [-0.05, 0) is 32.2 Å². The van der Waals surface area contributed by atoms with Crippen molar-refractivity contribution in [3.8, 4) is 0 Å². The van der Waals surface area contributed by atoms with Gasteiger partial charge in [0.15, 0.2) is 0 Å². The Kier molecular flexibility index (Phi) is 5.40. The molecule has 1 saturated carbocycles. The van der Waals surface area contributed by atoms with Crippen molar-refractivity contribution in [1.82, 2.24) is 5.32 Å². The van der Waals surface area contributed by atoms with Crippen LogP contribution in [0.3, 0.4) is 0 Å². The molecule has 0 saturated heterocycles. The zero-order valence-corrected chi connectivity index (χ0v) is 8.76. The van der Waals surface area contributed by atoms with Crippen LogP contribution in [-0.2, 0) is 0 Å². The molecule has 0 radical (unpaired) electrons. The van der Waals surface area contributed by atoms with Gasteiger partial charge in [-0.25, -0.2) is 0 Å². The maximum atomic E-state index is 9.07. The van der Waals surface area contributed by atoms with Crippen molar-refractivity contribution in [2.24, 2.45) is 5.92 Å². The molecule has 2 heteroatoms. The minimum Gasteiger partial charge on any atom is -0.392 e. The minimum atomic E-state index is -0.203. The zero-order valence-electron chi connectivity index (χ0n) is 8.76. The molecule has 78 valence electrons. The highest BCUT2D eigenvalue weighted by Gasteiger charge is 2.11. The van der Waals surface area contributed by atoms with E-state index in [0.29, 0.717) is 0 Å². The van der Waals surface area contributed by atoms with Gasteiger partial charge in [0.05, 0.1) is 6.10 Å². The maximum absolute atomic E-state index is 9.07. The molecule has 1 unspecified atom stereocenters. The normalized spacial score (nSPS) is 22.6. The first-order chi connectivity index (χ1) is 6.29. The van der Waals surface area contributed by atoms with Crippen LogP contribution in [0.4, 0.5) is 0 Å². The molecule has 1 aliphatic carbocycles. The van der Waals surface area contributed by atoms with Crippen LogP contribution in [0.5, 0.6) is 0 Å². The maximum Gasteiger partial charge on any atom is 0.0636 e. The van der Waals surface area contributed by atoms with E-state index in [1.165, 1.54) is 38.5 Å². The summed E-state index contributed by atoms with van der Waals surface area (Å²) in [5.41, 5.74) is 0. The molecule has 0 aromatic heterocycles. The Hall–Kier alpha value is -0.0800. The van der Waals surface area contributed by atoms with Gasteiger partial charge >= 0.3 is 0 Å². The molecule has 2 nitrogen and oxygen atoms in total. The molecular formula is C11H23NO. The first kappa shape index (κ1) is 11.0. The molecule has 2 N–H and O–H groups in total. The molecule has 0 spiro atoms. The van der Waals surface area contributed by atoms with Crippen molar-refractivity contribution in [2.75, 3.05) is 13.1 Å². The molecule has 1 fully saturated rings. The number of hydrogen-bond donors (Lipinski definition) is 2. The van der Waals surface area contributed by atoms with Crippen molar-refractivity contribution in [3.05, 3.63) is 0 Å². The number of hydrogen-bond acceptors (Lipinski definition) is 2. The van der Waals surface area contributed by atoms with E-state index in [2.05, 4.69) is 5.32 Å². The molecule has 0 heterocycles. The van der Waals surface area contributed by atoms with Gasteiger partial charge in [0.2, 0.25) is 0 Å². The highest BCUT2D eigenvalue weighted by atomic mass is 16.3. The molecule has 1 rings (SSSR count). The van der Waals surface area contributed by atoms with Crippen molar-refractivity contribution in [2.45, 2.75) is 51.6 Å². The largest absolute Gasteiger partial charge is 0.392 e. The third-order valence-electron chi connectivity index (χ3n) is 2.85. The van der Waals surface area contributed by atoms with Crippen LogP contribution >= 0.6 is 0 Å². The fraction of sp³-hybridized carbons (Fsp3) is 1.00. The average Bonchev–Trinajstić information content (AvgIpc) is 2.32.